The van der Waals surface area contributed by atoms with E-state index in [0.717, 1.165) is 11.3 Å². The molecule has 1 fully saturated rings. The quantitative estimate of drug-likeness (QED) is 0.709. The van der Waals surface area contributed by atoms with Gasteiger partial charge in [0.15, 0.2) is 0 Å². The summed E-state index contributed by atoms with van der Waals surface area (Å²) in [5, 5.41) is 1.71. The van der Waals surface area contributed by atoms with E-state index in [0.29, 0.717) is 5.56 Å². The number of amides is 1. The first kappa shape index (κ1) is 21.0. The molecular formula is C18H20N4O5S3. The number of amidine groups is 1. The van der Waals surface area contributed by atoms with Crippen molar-refractivity contribution in [1.29, 1.82) is 0 Å². The van der Waals surface area contributed by atoms with Gasteiger partial charge in [-0.25, -0.2) is 16.8 Å². The van der Waals surface area contributed by atoms with Gasteiger partial charge in [-0.2, -0.15) is 4.31 Å². The Morgan fingerprint density at radius 1 is 1.13 bits per heavy atom. The number of carbonyl (C=O) groups excluding carboxylic acids is 1. The highest BCUT2D eigenvalue weighted by molar-refractivity contribution is 7.91. The number of hydrogen-bond donors (Lipinski definition) is 1. The Morgan fingerprint density at radius 2 is 1.83 bits per heavy atom. The molecule has 1 amide bonds. The number of fused-ring (bicyclic) bond motifs is 1. The molecule has 2 aromatic rings. The van der Waals surface area contributed by atoms with Crippen LogP contribution in [0.1, 0.15) is 12.5 Å². The maximum atomic E-state index is 12.8. The molecule has 0 radical (unpaired) electrons. The number of carbonyl (C=O) groups is 1. The van der Waals surface area contributed by atoms with Gasteiger partial charge in [0.1, 0.15) is 16.1 Å². The van der Waals surface area contributed by atoms with E-state index < -0.39 is 26.1 Å². The van der Waals surface area contributed by atoms with Gasteiger partial charge in [0.25, 0.3) is 20.0 Å². The molecule has 1 aromatic carbocycles. The normalized spacial score (nSPS) is 21.2. The number of sulfonamides is 2. The number of nitrogens with one attached hydrogen (secondary N) is 1. The van der Waals surface area contributed by atoms with Crippen molar-refractivity contribution in [2.45, 2.75) is 22.1 Å². The number of benzene rings is 1. The molecule has 1 N–H and O–H groups in total. The minimum absolute atomic E-state index is 0.135. The molecule has 30 heavy (non-hydrogen) atoms. The summed E-state index contributed by atoms with van der Waals surface area (Å²) in [6, 6.07) is 8.89. The van der Waals surface area contributed by atoms with E-state index in [1.54, 1.807) is 47.5 Å². The fourth-order valence-corrected chi connectivity index (χ4v) is 7.24. The molecule has 0 bridgehead atoms. The number of aliphatic imine (C=N–C) groups is 1. The van der Waals surface area contributed by atoms with Crippen LogP contribution in [0.2, 0.25) is 0 Å². The van der Waals surface area contributed by atoms with Crippen LogP contribution in [0, 0.1) is 0 Å². The second-order valence-corrected chi connectivity index (χ2v) is 11.7. The first-order valence-electron chi connectivity index (χ1n) is 9.22. The topological polar surface area (TPSA) is 116 Å². The maximum absolute atomic E-state index is 12.8. The lowest BCUT2D eigenvalue weighted by atomic mass is 10.2. The molecule has 2 aliphatic rings. The van der Waals surface area contributed by atoms with Crippen LogP contribution < -0.4 is 4.72 Å². The summed E-state index contributed by atoms with van der Waals surface area (Å²) in [6.45, 7) is 2.50. The number of rotatable bonds is 4. The largest absolute Gasteiger partial charge is 0.338 e. The van der Waals surface area contributed by atoms with E-state index >= 15 is 0 Å². The highest BCUT2D eigenvalue weighted by Gasteiger charge is 2.34. The van der Waals surface area contributed by atoms with Crippen LogP contribution in [0.5, 0.6) is 0 Å². The molecule has 0 aliphatic carbocycles. The minimum Gasteiger partial charge on any atom is -0.338 e. The molecule has 0 spiro atoms. The summed E-state index contributed by atoms with van der Waals surface area (Å²) >= 11 is 1.16. The molecule has 160 valence electrons. The average molecular weight is 469 g/mol. The molecule has 2 aliphatic heterocycles. The third-order valence-corrected chi connectivity index (χ3v) is 9.65. The predicted octanol–water partition coefficient (Wildman–Crippen LogP) is 0.708. The standard InChI is InChI=1S/C18H20N4O5S3/c1-13(19-17-14-5-2-3-6-15(14)29(24,25)20-17)18(23)21-8-10-22(11-9-21)30(26,27)16-7-4-12-28-16/h2-7,12-13H,8-11H2,1H3,(H,19,20)/t13-/m0/s1. The molecule has 1 aromatic heterocycles. The zero-order valence-corrected chi connectivity index (χ0v) is 18.5. The van der Waals surface area contributed by atoms with Crippen molar-refractivity contribution >= 4 is 43.1 Å². The van der Waals surface area contributed by atoms with Gasteiger partial charge in [-0.15, -0.1) is 11.3 Å². The van der Waals surface area contributed by atoms with Gasteiger partial charge in [0.2, 0.25) is 5.91 Å². The maximum Gasteiger partial charge on any atom is 0.263 e. The fourth-order valence-electron chi connectivity index (χ4n) is 3.43. The van der Waals surface area contributed by atoms with Crippen molar-refractivity contribution in [2.75, 3.05) is 26.2 Å². The van der Waals surface area contributed by atoms with Crippen LogP contribution in [-0.2, 0) is 24.8 Å². The Kier molecular flexibility index (Phi) is 5.43. The monoisotopic (exact) mass is 468 g/mol. The second-order valence-electron chi connectivity index (χ2n) is 6.92. The van der Waals surface area contributed by atoms with Gasteiger partial charge in [-0.05, 0) is 30.5 Å². The van der Waals surface area contributed by atoms with Crippen LogP contribution in [-0.4, -0.2) is 70.0 Å². The molecule has 1 saturated heterocycles. The molecule has 0 saturated carbocycles. The van der Waals surface area contributed by atoms with Gasteiger partial charge in [0, 0.05) is 31.7 Å². The van der Waals surface area contributed by atoms with Crippen LogP contribution in [0.15, 0.2) is 55.9 Å². The minimum atomic E-state index is -3.67. The van der Waals surface area contributed by atoms with Crippen LogP contribution in [0.3, 0.4) is 0 Å². The molecule has 3 heterocycles. The highest BCUT2D eigenvalue weighted by atomic mass is 32.2. The summed E-state index contributed by atoms with van der Waals surface area (Å²) in [4.78, 5) is 18.8. The summed E-state index contributed by atoms with van der Waals surface area (Å²) in [5.74, 6) is -0.135. The Bertz CT molecular complexity index is 1200. The van der Waals surface area contributed by atoms with Crippen molar-refractivity contribution in [1.82, 2.24) is 13.9 Å². The molecule has 0 unspecified atom stereocenters. The van der Waals surface area contributed by atoms with Gasteiger partial charge in [0.05, 0.1) is 4.90 Å². The van der Waals surface area contributed by atoms with Crippen LogP contribution in [0.4, 0.5) is 0 Å². The molecular weight excluding hydrogens is 448 g/mol. The van der Waals surface area contributed by atoms with Gasteiger partial charge >= 0.3 is 0 Å². The van der Waals surface area contributed by atoms with Crippen molar-refractivity contribution in [2.24, 2.45) is 4.99 Å². The number of hydrogen-bond acceptors (Lipinski definition) is 7. The SMILES string of the molecule is C[C@H](N=C1NS(=O)(=O)c2ccccc21)C(=O)N1CCN(S(=O)(=O)c2cccs2)CC1. The van der Waals surface area contributed by atoms with E-state index in [2.05, 4.69) is 9.71 Å². The van der Waals surface area contributed by atoms with E-state index in [1.165, 1.54) is 10.4 Å². The van der Waals surface area contributed by atoms with Gasteiger partial charge in [-0.3, -0.25) is 14.5 Å². The number of piperazine rings is 1. The summed E-state index contributed by atoms with van der Waals surface area (Å²) in [6.07, 6.45) is 0. The Hall–Kier alpha value is -2.28. The second kappa shape index (κ2) is 7.76. The van der Waals surface area contributed by atoms with Gasteiger partial charge in [-0.1, -0.05) is 18.2 Å². The Balaban J connectivity index is 1.45. The van der Waals surface area contributed by atoms with E-state index in [4.69, 9.17) is 0 Å². The zero-order chi connectivity index (χ0) is 21.5. The first-order chi connectivity index (χ1) is 14.2. The zero-order valence-electron chi connectivity index (χ0n) is 16.1. The van der Waals surface area contributed by atoms with E-state index in [1.807, 2.05) is 0 Å². The van der Waals surface area contributed by atoms with E-state index in [9.17, 15) is 21.6 Å². The molecule has 9 nitrogen and oxygen atoms in total. The van der Waals surface area contributed by atoms with Crippen molar-refractivity contribution in [3.05, 3.63) is 47.3 Å². The number of nitrogens with zero attached hydrogens (tertiary/aromatic N) is 3. The fraction of sp³-hybridized carbons (Fsp3) is 0.333. The van der Waals surface area contributed by atoms with E-state index in [-0.39, 0.29) is 47.0 Å². The summed E-state index contributed by atoms with van der Waals surface area (Å²) < 4.78 is 53.7. The van der Waals surface area contributed by atoms with Crippen molar-refractivity contribution in [3.8, 4) is 0 Å². The summed E-state index contributed by atoms with van der Waals surface area (Å²) in [5.41, 5.74) is 0.434. The van der Waals surface area contributed by atoms with Crippen molar-refractivity contribution in [3.63, 3.8) is 0 Å². The first-order valence-corrected chi connectivity index (χ1v) is 13.0. The lowest BCUT2D eigenvalue weighted by Crippen LogP contribution is -2.52. The smallest absolute Gasteiger partial charge is 0.263 e. The van der Waals surface area contributed by atoms with Crippen molar-refractivity contribution < 1.29 is 21.6 Å². The Morgan fingerprint density at radius 3 is 2.50 bits per heavy atom. The molecule has 12 heteroatoms. The average Bonchev–Trinajstić information content (AvgIpc) is 3.36. The lowest BCUT2D eigenvalue weighted by Gasteiger charge is -2.34. The van der Waals surface area contributed by atoms with Crippen LogP contribution in [0.25, 0.3) is 0 Å². The molecule has 4 rings (SSSR count). The third-order valence-electron chi connectivity index (χ3n) is 4.98. The van der Waals surface area contributed by atoms with Gasteiger partial charge < -0.3 is 4.90 Å². The number of thiophene rings is 1. The Labute approximate surface area is 179 Å². The highest BCUT2D eigenvalue weighted by Crippen LogP contribution is 2.24. The third kappa shape index (κ3) is 3.75. The van der Waals surface area contributed by atoms with Crippen LogP contribution >= 0.6 is 11.3 Å². The lowest BCUT2D eigenvalue weighted by molar-refractivity contribution is -0.133. The predicted molar refractivity (Wildman–Crippen MR) is 112 cm³/mol. The summed E-state index contributed by atoms with van der Waals surface area (Å²) in [7, 11) is -7.22. The molecule has 1 atom stereocenters.